The molecule has 1 aromatic heterocycles. The van der Waals surface area contributed by atoms with Gasteiger partial charge in [-0.05, 0) is 20.8 Å². The average Bonchev–Trinajstić information content (AvgIpc) is 3.10. The first kappa shape index (κ1) is 34.3. The minimum Gasteiger partial charge on any atom is -0.462 e. The Morgan fingerprint density at radius 1 is 1.25 bits per heavy atom. The first-order chi connectivity index (χ1) is 18.4. The number of nitrogens with one attached hydrogen (secondary N) is 2. The van der Waals surface area contributed by atoms with Gasteiger partial charge in [-0.3, -0.25) is 33.0 Å². The van der Waals surface area contributed by atoms with Gasteiger partial charge in [-0.25, -0.2) is 14.4 Å². The molecule has 0 spiro atoms. The van der Waals surface area contributed by atoms with Crippen molar-refractivity contribution in [2.75, 3.05) is 26.1 Å². The lowest BCUT2D eigenvalue weighted by Crippen LogP contribution is -2.49. The Labute approximate surface area is 235 Å². The minimum atomic E-state index is -4.38. The number of aliphatic hydroxyl groups is 2. The third kappa shape index (κ3) is 8.81. The highest BCUT2D eigenvalue weighted by Crippen LogP contribution is 2.48. The fraction of sp³-hybridized carbons (Fsp3) is 0.739. The minimum absolute atomic E-state index is 0.112. The maximum atomic E-state index is 13.7. The number of thioether (sulfide) groups is 1. The fourth-order valence-electron chi connectivity index (χ4n) is 3.38. The monoisotopic (exact) mass is 611 g/mol. The summed E-state index contributed by atoms with van der Waals surface area (Å²) in [5.41, 5.74) is -2.22. The lowest BCUT2D eigenvalue weighted by Gasteiger charge is -2.32. The van der Waals surface area contributed by atoms with Crippen LogP contribution in [0.15, 0.2) is 21.9 Å². The van der Waals surface area contributed by atoms with E-state index in [2.05, 4.69) is 5.09 Å². The van der Waals surface area contributed by atoms with E-state index in [0.717, 1.165) is 35.7 Å². The van der Waals surface area contributed by atoms with Crippen LogP contribution >= 0.6 is 19.5 Å². The molecule has 0 amide bonds. The van der Waals surface area contributed by atoms with E-state index in [1.54, 1.807) is 34.6 Å². The summed E-state index contributed by atoms with van der Waals surface area (Å²) in [6.45, 7) is 8.86. The number of hydrogen-bond acceptors (Lipinski definition) is 13. The molecule has 1 saturated heterocycles. The largest absolute Gasteiger partial charge is 0.462 e. The first-order valence-electron chi connectivity index (χ1n) is 12.4. The number of nitrogens with zero attached hydrogens (tertiary/aromatic N) is 1. The third-order valence-corrected chi connectivity index (χ3v) is 8.48. The number of carbonyl (C=O) groups excluding carboxylic acids is 2. The molecule has 228 valence electrons. The van der Waals surface area contributed by atoms with Crippen LogP contribution in [0.25, 0.3) is 0 Å². The highest BCUT2D eigenvalue weighted by atomic mass is 32.2. The van der Waals surface area contributed by atoms with Gasteiger partial charge < -0.3 is 24.4 Å². The highest BCUT2D eigenvalue weighted by Gasteiger charge is 2.57. The Bertz CT molecular complexity index is 1200. The number of aliphatic hydroxyl groups excluding tert-OH is 2. The number of H-pyrrole nitrogens is 1. The van der Waals surface area contributed by atoms with Gasteiger partial charge in [0.25, 0.3) is 5.56 Å². The molecular weight excluding hydrogens is 573 g/mol. The fourth-order valence-corrected chi connectivity index (χ4v) is 5.77. The molecule has 0 radical (unpaired) electrons. The Hall–Kier alpha value is -1.88. The van der Waals surface area contributed by atoms with Crippen molar-refractivity contribution < 1.29 is 47.6 Å². The third-order valence-electron chi connectivity index (χ3n) is 5.54. The van der Waals surface area contributed by atoms with Crippen molar-refractivity contribution in [3.63, 3.8) is 0 Å². The SMILES string of the molecule is CO[C@]1(CO[P@@](=O)(N[C@@H](C)C(=O)OC(C)C)OCCSC(=O)C(C)(C)C)O[C@@H](n2ccc(=O)[nH]c2=O)[C@H](O)[C@@H]1O. The molecule has 17 heteroatoms. The number of hydrogen-bond donors (Lipinski definition) is 4. The Morgan fingerprint density at radius 3 is 2.45 bits per heavy atom. The second kappa shape index (κ2) is 13.9. The molecule has 40 heavy (non-hydrogen) atoms. The molecule has 1 aliphatic rings. The van der Waals surface area contributed by atoms with Crippen molar-refractivity contribution >= 4 is 30.6 Å². The number of carbonyl (C=O) groups is 2. The van der Waals surface area contributed by atoms with Gasteiger partial charge in [0, 0.05) is 30.5 Å². The average molecular weight is 612 g/mol. The smallest absolute Gasteiger partial charge is 0.406 e. The summed E-state index contributed by atoms with van der Waals surface area (Å²) in [4.78, 5) is 50.2. The van der Waals surface area contributed by atoms with Gasteiger partial charge in [0.15, 0.2) is 11.3 Å². The standard InChI is InChI=1S/C23H38N3O12PS/c1-13(2)37-19(30)14(3)25-39(33,35-10-11-40-20(31)22(4,5)6)36-12-23(34-7)17(29)16(28)18(38-23)26-9-8-15(27)24-21(26)32/h8-9,13-14,16-18,28-29H,10-12H2,1-7H3,(H,25,33)(H,24,27,32)/t14-,16+,17-,18+,23+,39+/m0/s1. The summed E-state index contributed by atoms with van der Waals surface area (Å²) >= 11 is 0.966. The van der Waals surface area contributed by atoms with Gasteiger partial charge in [-0.15, -0.1) is 0 Å². The molecule has 1 aliphatic heterocycles. The molecule has 2 heterocycles. The van der Waals surface area contributed by atoms with Crippen molar-refractivity contribution in [3.8, 4) is 0 Å². The topological polar surface area (TPSA) is 205 Å². The number of rotatable bonds is 13. The van der Waals surface area contributed by atoms with E-state index in [1.165, 1.54) is 6.92 Å². The van der Waals surface area contributed by atoms with Crippen molar-refractivity contribution in [2.45, 2.75) is 77.9 Å². The molecule has 2 rings (SSSR count). The summed E-state index contributed by atoms with van der Waals surface area (Å²) in [5, 5.41) is 23.7. The Kier molecular flexibility index (Phi) is 11.9. The maximum Gasteiger partial charge on any atom is 0.406 e. The molecule has 0 aromatic carbocycles. The first-order valence-corrected chi connectivity index (χ1v) is 14.9. The zero-order valence-corrected chi connectivity index (χ0v) is 25.2. The molecule has 0 unspecified atom stereocenters. The van der Waals surface area contributed by atoms with Crippen LogP contribution in [0.3, 0.4) is 0 Å². The van der Waals surface area contributed by atoms with Gasteiger partial charge in [0.05, 0.1) is 12.7 Å². The number of esters is 1. The molecular formula is C23H38N3O12PS. The van der Waals surface area contributed by atoms with Crippen molar-refractivity contribution in [3.05, 3.63) is 33.1 Å². The van der Waals surface area contributed by atoms with Crippen LogP contribution in [-0.4, -0.2) is 87.1 Å². The van der Waals surface area contributed by atoms with E-state index in [0.29, 0.717) is 0 Å². The van der Waals surface area contributed by atoms with Crippen LogP contribution in [0, 0.1) is 5.41 Å². The molecule has 1 aromatic rings. The highest BCUT2D eigenvalue weighted by molar-refractivity contribution is 8.13. The summed E-state index contributed by atoms with van der Waals surface area (Å²) in [7, 11) is -3.26. The van der Waals surface area contributed by atoms with Gasteiger partial charge in [0.1, 0.15) is 24.9 Å². The lowest BCUT2D eigenvalue weighted by atomic mass is 10.00. The Balaban J connectivity index is 2.24. The number of aromatic nitrogens is 2. The summed E-state index contributed by atoms with van der Waals surface area (Å²) in [5.74, 6) is -2.79. The van der Waals surface area contributed by atoms with Crippen LogP contribution in [0.4, 0.5) is 0 Å². The van der Waals surface area contributed by atoms with Crippen LogP contribution in [-0.2, 0) is 37.4 Å². The van der Waals surface area contributed by atoms with Gasteiger partial charge in [-0.1, -0.05) is 32.5 Å². The zero-order chi connectivity index (χ0) is 30.5. The normalized spacial score (nSPS) is 25.5. The van der Waals surface area contributed by atoms with E-state index in [9.17, 15) is 34.0 Å². The van der Waals surface area contributed by atoms with Crippen molar-refractivity contribution in [2.24, 2.45) is 5.41 Å². The zero-order valence-electron chi connectivity index (χ0n) is 23.4. The van der Waals surface area contributed by atoms with Crippen LogP contribution in [0.1, 0.15) is 47.8 Å². The number of ether oxygens (including phenoxy) is 3. The van der Waals surface area contributed by atoms with E-state index in [1.807, 2.05) is 4.98 Å². The maximum absolute atomic E-state index is 13.7. The molecule has 15 nitrogen and oxygen atoms in total. The summed E-state index contributed by atoms with van der Waals surface area (Å²) in [6.07, 6.45) is -4.47. The van der Waals surface area contributed by atoms with Crippen molar-refractivity contribution in [1.29, 1.82) is 0 Å². The number of aromatic amines is 1. The van der Waals surface area contributed by atoms with Gasteiger partial charge >= 0.3 is 19.4 Å². The molecule has 0 bridgehead atoms. The molecule has 4 N–H and O–H groups in total. The second-order valence-electron chi connectivity index (χ2n) is 10.3. The van der Waals surface area contributed by atoms with Gasteiger partial charge in [0.2, 0.25) is 5.79 Å². The Morgan fingerprint density at radius 2 is 1.90 bits per heavy atom. The van der Waals surface area contributed by atoms with E-state index < -0.39 is 73.4 Å². The quantitative estimate of drug-likeness (QED) is 0.136. The van der Waals surface area contributed by atoms with E-state index in [-0.39, 0.29) is 17.5 Å². The van der Waals surface area contributed by atoms with Crippen LogP contribution in [0.5, 0.6) is 0 Å². The predicted molar refractivity (Wildman–Crippen MR) is 143 cm³/mol. The summed E-state index contributed by atoms with van der Waals surface area (Å²) in [6, 6.07) is -0.151. The number of methoxy groups -OCH3 is 1. The van der Waals surface area contributed by atoms with Crippen LogP contribution in [0.2, 0.25) is 0 Å². The van der Waals surface area contributed by atoms with E-state index >= 15 is 0 Å². The predicted octanol–water partition coefficient (Wildman–Crippen LogP) is 0.507. The lowest BCUT2D eigenvalue weighted by molar-refractivity contribution is -0.267. The molecule has 6 atom stereocenters. The van der Waals surface area contributed by atoms with Crippen molar-refractivity contribution in [1.82, 2.24) is 14.6 Å². The molecule has 0 aliphatic carbocycles. The van der Waals surface area contributed by atoms with E-state index in [4.69, 9.17) is 23.3 Å². The second-order valence-corrected chi connectivity index (χ2v) is 13.1. The van der Waals surface area contributed by atoms with Gasteiger partial charge in [-0.2, -0.15) is 0 Å². The molecule has 1 fully saturated rings. The summed E-state index contributed by atoms with van der Waals surface area (Å²) < 4.78 is 41.6. The molecule has 0 saturated carbocycles. The van der Waals surface area contributed by atoms with Crippen LogP contribution < -0.4 is 16.3 Å².